The van der Waals surface area contributed by atoms with E-state index in [1.165, 1.54) is 4.90 Å². The Kier molecular flexibility index (Phi) is 4.66. The minimum Gasteiger partial charge on any atom is -0.327 e. The van der Waals surface area contributed by atoms with E-state index in [0.29, 0.717) is 12.3 Å². The molecule has 4 heteroatoms. The van der Waals surface area contributed by atoms with Gasteiger partial charge in [0.25, 0.3) is 0 Å². The van der Waals surface area contributed by atoms with Crippen LogP contribution in [0.4, 0.5) is 5.69 Å². The van der Waals surface area contributed by atoms with Crippen molar-refractivity contribution in [3.05, 3.63) is 24.3 Å². The molecule has 1 fully saturated rings. The molecule has 0 radical (unpaired) electrons. The van der Waals surface area contributed by atoms with Crippen molar-refractivity contribution in [1.29, 1.82) is 0 Å². The molecule has 0 heterocycles. The van der Waals surface area contributed by atoms with Crippen molar-refractivity contribution >= 4 is 23.4 Å². The summed E-state index contributed by atoms with van der Waals surface area (Å²) in [5.74, 6) is 0.435. The number of amides is 1. The van der Waals surface area contributed by atoms with Gasteiger partial charge in [-0.25, -0.2) is 0 Å². The van der Waals surface area contributed by atoms with Gasteiger partial charge in [0.05, 0.1) is 0 Å². The Hall–Kier alpha value is -1.00. The summed E-state index contributed by atoms with van der Waals surface area (Å²) in [4.78, 5) is 13.1. The van der Waals surface area contributed by atoms with Gasteiger partial charge in [-0.05, 0) is 49.3 Å². The van der Waals surface area contributed by atoms with Gasteiger partial charge in [-0.1, -0.05) is 6.42 Å². The highest BCUT2D eigenvalue weighted by Crippen LogP contribution is 2.27. The Bertz CT molecular complexity index is 405. The molecule has 1 saturated carbocycles. The lowest BCUT2D eigenvalue weighted by molar-refractivity contribution is -0.117. The van der Waals surface area contributed by atoms with Gasteiger partial charge in [-0.2, -0.15) is 0 Å². The van der Waals surface area contributed by atoms with Crippen LogP contribution in [0.2, 0.25) is 0 Å². The van der Waals surface area contributed by atoms with E-state index in [9.17, 15) is 4.79 Å². The van der Waals surface area contributed by atoms with Crippen molar-refractivity contribution in [2.24, 2.45) is 11.7 Å². The molecular weight excluding hydrogens is 244 g/mol. The third kappa shape index (κ3) is 3.50. The van der Waals surface area contributed by atoms with Crippen molar-refractivity contribution in [2.75, 3.05) is 11.6 Å². The Morgan fingerprint density at radius 3 is 2.67 bits per heavy atom. The van der Waals surface area contributed by atoms with E-state index in [1.54, 1.807) is 11.8 Å². The summed E-state index contributed by atoms with van der Waals surface area (Å²) in [7, 11) is 0. The first-order chi connectivity index (χ1) is 8.69. The summed E-state index contributed by atoms with van der Waals surface area (Å²) in [6.07, 6.45) is 5.88. The number of carbonyl (C=O) groups excluding carboxylic acids is 1. The number of thioether (sulfide) groups is 1. The van der Waals surface area contributed by atoms with Gasteiger partial charge in [0.2, 0.25) is 5.91 Å². The maximum absolute atomic E-state index is 11.9. The first-order valence-electron chi connectivity index (χ1n) is 6.38. The average Bonchev–Trinajstić information content (AvgIpc) is 2.76. The smallest absolute Gasteiger partial charge is 0.224 e. The molecule has 1 aromatic carbocycles. The Balaban J connectivity index is 1.86. The van der Waals surface area contributed by atoms with Crippen LogP contribution in [0.15, 0.2) is 29.2 Å². The molecule has 1 aliphatic carbocycles. The predicted molar refractivity (Wildman–Crippen MR) is 76.8 cm³/mol. The Labute approximate surface area is 113 Å². The SMILES string of the molecule is CSc1ccc(NC(=O)C[C@@H]2CCC[C@H]2N)cc1. The van der Waals surface area contributed by atoms with E-state index in [4.69, 9.17) is 5.73 Å². The van der Waals surface area contributed by atoms with Gasteiger partial charge >= 0.3 is 0 Å². The molecule has 1 amide bonds. The zero-order valence-electron chi connectivity index (χ0n) is 10.7. The van der Waals surface area contributed by atoms with Gasteiger partial charge in [0, 0.05) is 23.0 Å². The Morgan fingerprint density at radius 1 is 1.39 bits per heavy atom. The second kappa shape index (κ2) is 6.25. The zero-order chi connectivity index (χ0) is 13.0. The van der Waals surface area contributed by atoms with Gasteiger partial charge in [0.1, 0.15) is 0 Å². The molecule has 3 N–H and O–H groups in total. The molecule has 3 nitrogen and oxygen atoms in total. The van der Waals surface area contributed by atoms with E-state index in [0.717, 1.165) is 24.9 Å². The lowest BCUT2D eigenvalue weighted by atomic mass is 10.00. The maximum Gasteiger partial charge on any atom is 0.224 e. The molecule has 0 aliphatic heterocycles. The molecule has 98 valence electrons. The maximum atomic E-state index is 11.9. The topological polar surface area (TPSA) is 55.1 Å². The summed E-state index contributed by atoms with van der Waals surface area (Å²) in [6.45, 7) is 0. The average molecular weight is 264 g/mol. The number of benzene rings is 1. The molecule has 18 heavy (non-hydrogen) atoms. The van der Waals surface area contributed by atoms with Crippen LogP contribution in [-0.2, 0) is 4.79 Å². The first kappa shape index (κ1) is 13.4. The van der Waals surface area contributed by atoms with Crippen LogP contribution in [0.1, 0.15) is 25.7 Å². The molecular formula is C14H20N2OS. The summed E-state index contributed by atoms with van der Waals surface area (Å²) in [6, 6.07) is 8.12. The van der Waals surface area contributed by atoms with E-state index >= 15 is 0 Å². The predicted octanol–water partition coefficient (Wildman–Crippen LogP) is 2.86. The normalized spacial score (nSPS) is 23.0. The number of anilines is 1. The molecule has 2 rings (SSSR count). The molecule has 0 aromatic heterocycles. The van der Waals surface area contributed by atoms with Crippen LogP contribution in [-0.4, -0.2) is 18.2 Å². The molecule has 0 saturated heterocycles. The minimum atomic E-state index is 0.0780. The second-order valence-corrected chi connectivity index (χ2v) is 5.72. The quantitative estimate of drug-likeness (QED) is 0.822. The van der Waals surface area contributed by atoms with Gasteiger partial charge < -0.3 is 11.1 Å². The van der Waals surface area contributed by atoms with Crippen LogP contribution in [0.3, 0.4) is 0 Å². The lowest BCUT2D eigenvalue weighted by Gasteiger charge is -2.14. The van der Waals surface area contributed by atoms with Gasteiger partial charge in [-0.3, -0.25) is 4.79 Å². The molecule has 0 spiro atoms. The number of nitrogens with one attached hydrogen (secondary N) is 1. The first-order valence-corrected chi connectivity index (χ1v) is 7.61. The number of hydrogen-bond donors (Lipinski definition) is 2. The molecule has 0 bridgehead atoms. The number of hydrogen-bond acceptors (Lipinski definition) is 3. The van der Waals surface area contributed by atoms with Crippen molar-refractivity contribution < 1.29 is 4.79 Å². The van der Waals surface area contributed by atoms with Crippen LogP contribution >= 0.6 is 11.8 Å². The van der Waals surface area contributed by atoms with Gasteiger partial charge in [-0.15, -0.1) is 11.8 Å². The highest BCUT2D eigenvalue weighted by molar-refractivity contribution is 7.98. The van der Waals surface area contributed by atoms with E-state index in [2.05, 4.69) is 5.32 Å². The second-order valence-electron chi connectivity index (χ2n) is 4.84. The van der Waals surface area contributed by atoms with Crippen molar-refractivity contribution in [1.82, 2.24) is 0 Å². The standard InChI is InChI=1S/C14H20N2OS/c1-18-12-7-5-11(6-8-12)16-14(17)9-10-3-2-4-13(10)15/h5-8,10,13H,2-4,9,15H2,1H3,(H,16,17)/t10-,13+/m0/s1. The number of carbonyl (C=O) groups is 1. The lowest BCUT2D eigenvalue weighted by Crippen LogP contribution is -2.28. The van der Waals surface area contributed by atoms with Crippen LogP contribution in [0.25, 0.3) is 0 Å². The van der Waals surface area contributed by atoms with Crippen molar-refractivity contribution in [2.45, 2.75) is 36.6 Å². The molecule has 1 aliphatic rings. The van der Waals surface area contributed by atoms with Crippen molar-refractivity contribution in [3.8, 4) is 0 Å². The largest absolute Gasteiger partial charge is 0.327 e. The van der Waals surface area contributed by atoms with Crippen LogP contribution in [0, 0.1) is 5.92 Å². The summed E-state index contributed by atoms with van der Waals surface area (Å²) in [5, 5.41) is 2.94. The van der Waals surface area contributed by atoms with E-state index in [1.807, 2.05) is 30.5 Å². The summed E-state index contributed by atoms with van der Waals surface area (Å²) in [5.41, 5.74) is 6.84. The fourth-order valence-corrected chi connectivity index (χ4v) is 2.85. The third-order valence-electron chi connectivity index (χ3n) is 3.54. The number of nitrogens with two attached hydrogens (primary N) is 1. The highest BCUT2D eigenvalue weighted by atomic mass is 32.2. The van der Waals surface area contributed by atoms with Crippen molar-refractivity contribution in [3.63, 3.8) is 0 Å². The fraction of sp³-hybridized carbons (Fsp3) is 0.500. The summed E-state index contributed by atoms with van der Waals surface area (Å²) >= 11 is 1.69. The number of rotatable bonds is 4. The highest BCUT2D eigenvalue weighted by Gasteiger charge is 2.25. The molecule has 2 atom stereocenters. The minimum absolute atomic E-state index is 0.0780. The zero-order valence-corrected chi connectivity index (χ0v) is 11.5. The fourth-order valence-electron chi connectivity index (χ4n) is 2.44. The monoisotopic (exact) mass is 264 g/mol. The molecule has 1 aromatic rings. The van der Waals surface area contributed by atoms with Gasteiger partial charge in [0.15, 0.2) is 0 Å². The van der Waals surface area contributed by atoms with Crippen LogP contribution < -0.4 is 11.1 Å². The third-order valence-corrected chi connectivity index (χ3v) is 4.28. The summed E-state index contributed by atoms with van der Waals surface area (Å²) < 4.78 is 0. The van der Waals surface area contributed by atoms with Crippen LogP contribution in [0.5, 0.6) is 0 Å². The Morgan fingerprint density at radius 2 is 2.11 bits per heavy atom. The van der Waals surface area contributed by atoms with E-state index in [-0.39, 0.29) is 11.9 Å². The molecule has 0 unspecified atom stereocenters. The van der Waals surface area contributed by atoms with E-state index < -0.39 is 0 Å².